The van der Waals surface area contributed by atoms with Crippen molar-refractivity contribution in [2.45, 2.75) is 18.3 Å². The molecule has 1 aliphatic rings. The second-order valence-electron chi connectivity index (χ2n) is 7.66. The Hall–Kier alpha value is -3.45. The summed E-state index contributed by atoms with van der Waals surface area (Å²) in [4.78, 5) is 13.2. The van der Waals surface area contributed by atoms with Crippen LogP contribution in [0.4, 0.5) is 0 Å². The van der Waals surface area contributed by atoms with Gasteiger partial charge in [0.25, 0.3) is 0 Å². The number of ketones is 1. The first-order chi connectivity index (χ1) is 14.3. The zero-order valence-corrected chi connectivity index (χ0v) is 16.2. The molecule has 0 unspecified atom stereocenters. The van der Waals surface area contributed by atoms with E-state index in [9.17, 15) is 4.79 Å². The molecule has 29 heavy (non-hydrogen) atoms. The van der Waals surface area contributed by atoms with Gasteiger partial charge in [0.05, 0.1) is 0 Å². The van der Waals surface area contributed by atoms with Gasteiger partial charge in [0.2, 0.25) is 0 Å². The first-order valence-corrected chi connectivity index (χ1v) is 10.1. The van der Waals surface area contributed by atoms with Gasteiger partial charge >= 0.3 is 0 Å². The highest BCUT2D eigenvalue weighted by atomic mass is 16.1. The van der Waals surface area contributed by atoms with Crippen molar-refractivity contribution in [3.63, 3.8) is 0 Å². The summed E-state index contributed by atoms with van der Waals surface area (Å²) in [6, 6.07) is 37.4. The molecule has 0 bridgehead atoms. The van der Waals surface area contributed by atoms with Crippen LogP contribution in [-0.2, 0) is 0 Å². The summed E-state index contributed by atoms with van der Waals surface area (Å²) in [5.74, 6) is 0.465. The fraction of sp³-hybridized carbons (Fsp3) is 0.107. The lowest BCUT2D eigenvalue weighted by Gasteiger charge is -2.26. The smallest absolute Gasteiger partial charge is 0.163 e. The van der Waals surface area contributed by atoms with Gasteiger partial charge in [-0.1, -0.05) is 109 Å². The predicted octanol–water partition coefficient (Wildman–Crippen LogP) is 6.86. The molecule has 4 aromatic carbocycles. The Labute approximate surface area is 171 Å². The molecule has 0 heterocycles. The Morgan fingerprint density at radius 3 is 1.69 bits per heavy atom. The van der Waals surface area contributed by atoms with E-state index in [1.54, 1.807) is 0 Å². The molecule has 1 nitrogen and oxygen atoms in total. The summed E-state index contributed by atoms with van der Waals surface area (Å²) in [6.07, 6.45) is 0.487. The highest BCUT2D eigenvalue weighted by Gasteiger charge is 2.35. The van der Waals surface area contributed by atoms with E-state index in [0.29, 0.717) is 6.42 Å². The van der Waals surface area contributed by atoms with Crippen LogP contribution in [0, 0.1) is 0 Å². The molecule has 0 N–H and O–H groups in total. The third-order valence-corrected chi connectivity index (χ3v) is 6.01. The molecule has 0 saturated carbocycles. The summed E-state index contributed by atoms with van der Waals surface area (Å²) in [5, 5.41) is 0. The molecule has 0 radical (unpaired) electrons. The van der Waals surface area contributed by atoms with E-state index in [0.717, 1.165) is 5.56 Å². The highest BCUT2D eigenvalue weighted by molar-refractivity contribution is 5.97. The van der Waals surface area contributed by atoms with E-state index in [1.807, 2.05) is 36.4 Å². The Kier molecular flexibility index (Phi) is 4.57. The number of rotatable bonds is 5. The van der Waals surface area contributed by atoms with Gasteiger partial charge < -0.3 is 0 Å². The standard InChI is InChI=1S/C28H22O/c29-27(21-13-5-2-6-14-21)19-26(20-11-3-1-4-12-20)28-24-17-9-7-15-22(24)23-16-8-10-18-25(23)28/h1-18,26,28H,19H2/t26-/m1/s1. The Morgan fingerprint density at radius 2 is 1.10 bits per heavy atom. The van der Waals surface area contributed by atoms with Gasteiger partial charge in [-0.3, -0.25) is 4.79 Å². The van der Waals surface area contributed by atoms with Gasteiger partial charge in [-0.2, -0.15) is 0 Å². The third-order valence-electron chi connectivity index (χ3n) is 6.01. The first kappa shape index (κ1) is 17.6. The molecule has 0 aliphatic heterocycles. The lowest BCUT2D eigenvalue weighted by Crippen LogP contribution is -2.15. The van der Waals surface area contributed by atoms with Crippen molar-refractivity contribution >= 4 is 5.78 Å². The zero-order valence-electron chi connectivity index (χ0n) is 16.2. The maximum atomic E-state index is 13.2. The topological polar surface area (TPSA) is 17.1 Å². The summed E-state index contributed by atoms with van der Waals surface area (Å²) >= 11 is 0. The fourth-order valence-corrected chi connectivity index (χ4v) is 4.70. The van der Waals surface area contributed by atoms with Crippen molar-refractivity contribution in [3.05, 3.63) is 131 Å². The van der Waals surface area contributed by atoms with Crippen LogP contribution in [0.5, 0.6) is 0 Å². The van der Waals surface area contributed by atoms with Crippen LogP contribution in [-0.4, -0.2) is 5.78 Å². The van der Waals surface area contributed by atoms with Crippen molar-refractivity contribution < 1.29 is 4.79 Å². The van der Waals surface area contributed by atoms with E-state index in [4.69, 9.17) is 0 Å². The molecular formula is C28H22O. The number of fused-ring (bicyclic) bond motifs is 3. The van der Waals surface area contributed by atoms with Gasteiger partial charge in [0, 0.05) is 23.8 Å². The van der Waals surface area contributed by atoms with E-state index in [-0.39, 0.29) is 17.6 Å². The lowest BCUT2D eigenvalue weighted by molar-refractivity contribution is 0.0971. The summed E-state index contributed by atoms with van der Waals surface area (Å²) in [7, 11) is 0. The molecular weight excluding hydrogens is 352 g/mol. The maximum Gasteiger partial charge on any atom is 0.163 e. The lowest BCUT2D eigenvalue weighted by atomic mass is 9.76. The Morgan fingerprint density at radius 1 is 0.621 bits per heavy atom. The van der Waals surface area contributed by atoms with Crippen molar-refractivity contribution in [1.82, 2.24) is 0 Å². The molecule has 0 saturated heterocycles. The molecule has 1 aliphatic carbocycles. The van der Waals surface area contributed by atoms with Gasteiger partial charge in [-0.05, 0) is 27.8 Å². The monoisotopic (exact) mass is 374 g/mol. The molecule has 0 amide bonds. The minimum absolute atomic E-state index is 0.0914. The third kappa shape index (κ3) is 3.19. The number of benzene rings is 4. The average Bonchev–Trinajstić information content (AvgIpc) is 3.13. The van der Waals surface area contributed by atoms with Crippen LogP contribution < -0.4 is 0 Å². The Balaban J connectivity index is 1.63. The van der Waals surface area contributed by atoms with Crippen LogP contribution in [0.15, 0.2) is 109 Å². The molecule has 4 aromatic rings. The number of hydrogen-bond acceptors (Lipinski definition) is 1. The number of Topliss-reactive ketones (excluding diaryl/α,β-unsaturated/α-hetero) is 1. The van der Waals surface area contributed by atoms with E-state index in [1.165, 1.54) is 27.8 Å². The van der Waals surface area contributed by atoms with Crippen LogP contribution in [0.3, 0.4) is 0 Å². The van der Waals surface area contributed by atoms with Gasteiger partial charge in [-0.25, -0.2) is 0 Å². The summed E-state index contributed by atoms with van der Waals surface area (Å²) in [5.41, 5.74) is 7.23. The molecule has 0 fully saturated rings. The molecule has 1 atom stereocenters. The fourth-order valence-electron chi connectivity index (χ4n) is 4.70. The highest BCUT2D eigenvalue weighted by Crippen LogP contribution is 2.52. The van der Waals surface area contributed by atoms with Crippen molar-refractivity contribution in [1.29, 1.82) is 0 Å². The van der Waals surface area contributed by atoms with E-state index in [2.05, 4.69) is 72.8 Å². The van der Waals surface area contributed by atoms with Crippen molar-refractivity contribution in [2.24, 2.45) is 0 Å². The van der Waals surface area contributed by atoms with Crippen LogP contribution in [0.2, 0.25) is 0 Å². The second kappa shape index (κ2) is 7.52. The summed E-state index contributed by atoms with van der Waals surface area (Å²) in [6.45, 7) is 0. The summed E-state index contributed by atoms with van der Waals surface area (Å²) < 4.78 is 0. The predicted molar refractivity (Wildman–Crippen MR) is 118 cm³/mol. The van der Waals surface area contributed by atoms with Gasteiger partial charge in [-0.15, -0.1) is 0 Å². The van der Waals surface area contributed by atoms with Crippen LogP contribution >= 0.6 is 0 Å². The van der Waals surface area contributed by atoms with Crippen molar-refractivity contribution in [2.75, 3.05) is 0 Å². The average molecular weight is 374 g/mol. The molecule has 1 heteroatoms. The number of hydrogen-bond donors (Lipinski definition) is 0. The Bertz CT molecular complexity index is 1100. The van der Waals surface area contributed by atoms with Gasteiger partial charge in [0.15, 0.2) is 5.78 Å². The van der Waals surface area contributed by atoms with Crippen molar-refractivity contribution in [3.8, 4) is 11.1 Å². The molecule has 140 valence electrons. The largest absolute Gasteiger partial charge is 0.294 e. The van der Waals surface area contributed by atoms with Crippen LogP contribution in [0.25, 0.3) is 11.1 Å². The first-order valence-electron chi connectivity index (χ1n) is 10.1. The molecule has 0 spiro atoms. The second-order valence-corrected chi connectivity index (χ2v) is 7.66. The number of carbonyl (C=O) groups excluding carboxylic acids is 1. The van der Waals surface area contributed by atoms with E-state index < -0.39 is 0 Å². The molecule has 5 rings (SSSR count). The minimum atomic E-state index is 0.0914. The SMILES string of the molecule is O=C(C[C@H](c1ccccc1)C1c2ccccc2-c2ccccc21)c1ccccc1. The van der Waals surface area contributed by atoms with Gasteiger partial charge in [0.1, 0.15) is 0 Å². The quantitative estimate of drug-likeness (QED) is 0.349. The zero-order chi connectivity index (χ0) is 19.6. The normalized spacial score (nSPS) is 13.5. The van der Waals surface area contributed by atoms with E-state index >= 15 is 0 Å². The minimum Gasteiger partial charge on any atom is -0.294 e. The maximum absolute atomic E-state index is 13.2. The number of carbonyl (C=O) groups is 1. The van der Waals surface area contributed by atoms with Crippen LogP contribution in [0.1, 0.15) is 45.3 Å². The molecule has 0 aromatic heterocycles.